The summed E-state index contributed by atoms with van der Waals surface area (Å²) in [6.45, 7) is 0.676. The maximum atomic E-state index is 5.52. The molecule has 0 fully saturated rings. The minimum atomic E-state index is 0. The minimum Gasteiger partial charge on any atom is -0.330 e. The van der Waals surface area contributed by atoms with Gasteiger partial charge in [0, 0.05) is 11.6 Å². The molecule has 0 saturated heterocycles. The Balaban J connectivity index is 0.000000980. The number of aromatic nitrogens is 1. The highest BCUT2D eigenvalue weighted by Gasteiger charge is 1.99. The van der Waals surface area contributed by atoms with Crippen LogP contribution < -0.4 is 5.73 Å². The van der Waals surface area contributed by atoms with Crippen LogP contribution in [0.25, 0.3) is 10.9 Å². The Kier molecular flexibility index (Phi) is 3.86. The van der Waals surface area contributed by atoms with Crippen molar-refractivity contribution >= 4 is 23.3 Å². The molecule has 0 spiro atoms. The molecule has 74 valence electrons. The van der Waals surface area contributed by atoms with E-state index in [4.69, 9.17) is 5.73 Å². The van der Waals surface area contributed by atoms with Crippen LogP contribution >= 0.6 is 12.4 Å². The smallest absolute Gasteiger partial charge is 0.0734 e. The Morgan fingerprint density at radius 2 is 1.93 bits per heavy atom. The molecular weight excluding hydrogens is 196 g/mol. The van der Waals surface area contributed by atoms with Crippen molar-refractivity contribution in [3.63, 3.8) is 0 Å². The first kappa shape index (κ1) is 11.0. The van der Waals surface area contributed by atoms with Crippen LogP contribution in [0.2, 0.25) is 0 Å². The van der Waals surface area contributed by atoms with Crippen LogP contribution in [-0.4, -0.2) is 11.5 Å². The Bertz CT molecular complexity index is 409. The normalized spacial score (nSPS) is 9.79. The Morgan fingerprint density at radius 1 is 1.14 bits per heavy atom. The van der Waals surface area contributed by atoms with E-state index in [1.807, 2.05) is 12.3 Å². The van der Waals surface area contributed by atoms with Crippen molar-refractivity contribution in [2.45, 2.75) is 6.42 Å². The highest BCUT2D eigenvalue weighted by molar-refractivity contribution is 5.85. The Labute approximate surface area is 89.6 Å². The van der Waals surface area contributed by atoms with E-state index in [9.17, 15) is 0 Å². The summed E-state index contributed by atoms with van der Waals surface area (Å²) in [4.78, 5) is 4.34. The van der Waals surface area contributed by atoms with Gasteiger partial charge in [0.1, 0.15) is 0 Å². The Morgan fingerprint density at radius 3 is 2.71 bits per heavy atom. The third kappa shape index (κ3) is 2.03. The second-order valence-corrected chi connectivity index (χ2v) is 3.03. The standard InChI is InChI=1S/C11H12N2.ClH/c12-7-6-10-4-1-3-9-5-2-8-13-11(9)10;/h1-5,8H,6-7,12H2;1H. The van der Waals surface area contributed by atoms with Crippen LogP contribution in [0, 0.1) is 0 Å². The van der Waals surface area contributed by atoms with Gasteiger partial charge >= 0.3 is 0 Å². The average Bonchev–Trinajstić information content (AvgIpc) is 2.19. The molecule has 0 aliphatic carbocycles. The molecule has 0 aliphatic rings. The molecule has 0 bridgehead atoms. The van der Waals surface area contributed by atoms with Gasteiger partial charge in [-0.1, -0.05) is 24.3 Å². The monoisotopic (exact) mass is 208 g/mol. The summed E-state index contributed by atoms with van der Waals surface area (Å²) in [6, 6.07) is 10.2. The predicted molar refractivity (Wildman–Crippen MR) is 61.7 cm³/mol. The summed E-state index contributed by atoms with van der Waals surface area (Å²) in [5, 5.41) is 1.19. The van der Waals surface area contributed by atoms with Gasteiger partial charge in [-0.05, 0) is 24.6 Å². The molecule has 2 rings (SSSR count). The molecule has 2 nitrogen and oxygen atoms in total. The van der Waals surface area contributed by atoms with E-state index >= 15 is 0 Å². The molecule has 0 atom stereocenters. The average molecular weight is 209 g/mol. The number of halogens is 1. The van der Waals surface area contributed by atoms with Gasteiger partial charge in [-0.15, -0.1) is 12.4 Å². The van der Waals surface area contributed by atoms with E-state index < -0.39 is 0 Å². The lowest BCUT2D eigenvalue weighted by atomic mass is 10.1. The molecule has 2 aromatic rings. The first-order valence-electron chi connectivity index (χ1n) is 4.44. The number of hydrogen-bond donors (Lipinski definition) is 1. The van der Waals surface area contributed by atoms with Crippen molar-refractivity contribution in [2.24, 2.45) is 5.73 Å². The van der Waals surface area contributed by atoms with E-state index in [2.05, 4.69) is 29.2 Å². The first-order valence-corrected chi connectivity index (χ1v) is 4.44. The van der Waals surface area contributed by atoms with Gasteiger partial charge < -0.3 is 5.73 Å². The molecule has 0 radical (unpaired) electrons. The second-order valence-electron chi connectivity index (χ2n) is 3.03. The molecule has 0 saturated carbocycles. The van der Waals surface area contributed by atoms with Gasteiger partial charge in [0.2, 0.25) is 0 Å². The molecule has 0 amide bonds. The quantitative estimate of drug-likeness (QED) is 0.822. The van der Waals surface area contributed by atoms with Gasteiger partial charge in [-0.25, -0.2) is 0 Å². The lowest BCUT2D eigenvalue weighted by Crippen LogP contribution is -2.03. The Hall–Kier alpha value is -1.12. The molecule has 14 heavy (non-hydrogen) atoms. The van der Waals surface area contributed by atoms with Crippen molar-refractivity contribution in [2.75, 3.05) is 6.54 Å². The van der Waals surface area contributed by atoms with E-state index in [0.29, 0.717) is 6.54 Å². The summed E-state index contributed by atoms with van der Waals surface area (Å²) in [7, 11) is 0. The first-order chi connectivity index (χ1) is 6.42. The fraction of sp³-hybridized carbons (Fsp3) is 0.182. The largest absolute Gasteiger partial charge is 0.330 e. The van der Waals surface area contributed by atoms with Crippen LogP contribution in [0.1, 0.15) is 5.56 Å². The summed E-state index contributed by atoms with van der Waals surface area (Å²) in [6.07, 6.45) is 2.72. The lowest BCUT2D eigenvalue weighted by molar-refractivity contribution is 0.973. The number of rotatable bonds is 2. The number of nitrogens with two attached hydrogens (primary N) is 1. The lowest BCUT2D eigenvalue weighted by Gasteiger charge is -2.02. The van der Waals surface area contributed by atoms with E-state index in [1.165, 1.54) is 10.9 Å². The molecule has 0 unspecified atom stereocenters. The predicted octanol–water partition coefficient (Wildman–Crippen LogP) is 2.16. The number of fused-ring (bicyclic) bond motifs is 1. The molecule has 1 aromatic carbocycles. The van der Waals surface area contributed by atoms with Crippen LogP contribution in [0.3, 0.4) is 0 Å². The third-order valence-electron chi connectivity index (χ3n) is 2.13. The molecule has 0 aliphatic heterocycles. The fourth-order valence-electron chi connectivity index (χ4n) is 1.52. The van der Waals surface area contributed by atoms with Crippen LogP contribution in [0.5, 0.6) is 0 Å². The topological polar surface area (TPSA) is 38.9 Å². The summed E-state index contributed by atoms with van der Waals surface area (Å²) in [5.74, 6) is 0. The van der Waals surface area contributed by atoms with Gasteiger partial charge in [-0.3, -0.25) is 4.98 Å². The van der Waals surface area contributed by atoms with Crippen LogP contribution in [0.15, 0.2) is 36.5 Å². The number of para-hydroxylation sites is 1. The van der Waals surface area contributed by atoms with Gasteiger partial charge in [0.05, 0.1) is 5.52 Å². The highest BCUT2D eigenvalue weighted by Crippen LogP contribution is 2.15. The van der Waals surface area contributed by atoms with Crippen LogP contribution in [0.4, 0.5) is 0 Å². The van der Waals surface area contributed by atoms with Gasteiger partial charge in [-0.2, -0.15) is 0 Å². The molecule has 1 heterocycles. The third-order valence-corrected chi connectivity index (χ3v) is 2.13. The molecule has 1 aromatic heterocycles. The maximum Gasteiger partial charge on any atom is 0.0734 e. The second kappa shape index (κ2) is 4.94. The highest BCUT2D eigenvalue weighted by atomic mass is 35.5. The number of hydrogen-bond acceptors (Lipinski definition) is 2. The number of benzene rings is 1. The van der Waals surface area contributed by atoms with Crippen LogP contribution in [-0.2, 0) is 6.42 Å². The van der Waals surface area contributed by atoms with E-state index in [1.54, 1.807) is 0 Å². The summed E-state index contributed by atoms with van der Waals surface area (Å²) in [5.41, 5.74) is 7.84. The summed E-state index contributed by atoms with van der Waals surface area (Å²) < 4.78 is 0. The zero-order valence-electron chi connectivity index (χ0n) is 7.81. The molecule has 3 heteroatoms. The fourth-order valence-corrected chi connectivity index (χ4v) is 1.52. The maximum absolute atomic E-state index is 5.52. The molecule has 2 N–H and O–H groups in total. The SMILES string of the molecule is Cl.NCCc1cccc2cccnc12. The van der Waals surface area contributed by atoms with Crippen molar-refractivity contribution in [3.05, 3.63) is 42.1 Å². The van der Waals surface area contributed by atoms with Crippen molar-refractivity contribution in [1.82, 2.24) is 4.98 Å². The van der Waals surface area contributed by atoms with Crippen molar-refractivity contribution < 1.29 is 0 Å². The minimum absolute atomic E-state index is 0. The zero-order chi connectivity index (χ0) is 9.10. The number of pyridine rings is 1. The van der Waals surface area contributed by atoms with E-state index in [-0.39, 0.29) is 12.4 Å². The van der Waals surface area contributed by atoms with Crippen molar-refractivity contribution in [3.8, 4) is 0 Å². The zero-order valence-corrected chi connectivity index (χ0v) is 8.63. The van der Waals surface area contributed by atoms with Crippen molar-refractivity contribution in [1.29, 1.82) is 0 Å². The van der Waals surface area contributed by atoms with Gasteiger partial charge in [0.25, 0.3) is 0 Å². The van der Waals surface area contributed by atoms with Gasteiger partial charge in [0.15, 0.2) is 0 Å². The summed E-state index contributed by atoms with van der Waals surface area (Å²) >= 11 is 0. The van der Waals surface area contributed by atoms with E-state index in [0.717, 1.165) is 11.9 Å². The molecular formula is C11H13ClN2. The number of nitrogens with zero attached hydrogens (tertiary/aromatic N) is 1.